The highest BCUT2D eigenvalue weighted by atomic mass is 16.5. The lowest BCUT2D eigenvalue weighted by Crippen LogP contribution is -2.20. The van der Waals surface area contributed by atoms with Crippen molar-refractivity contribution in [2.24, 2.45) is 5.73 Å². The number of ether oxygens (including phenoxy) is 1. The van der Waals surface area contributed by atoms with Crippen LogP contribution in [0.2, 0.25) is 0 Å². The first-order valence-corrected chi connectivity index (χ1v) is 6.43. The van der Waals surface area contributed by atoms with E-state index >= 15 is 0 Å². The second kappa shape index (κ2) is 7.08. The zero-order valence-corrected chi connectivity index (χ0v) is 11.4. The van der Waals surface area contributed by atoms with Gasteiger partial charge in [0.25, 0.3) is 5.91 Å². The molecule has 106 valence electrons. The van der Waals surface area contributed by atoms with Crippen LogP contribution >= 0.6 is 0 Å². The number of hydrogen-bond donors (Lipinski definition) is 2. The fourth-order valence-corrected chi connectivity index (χ4v) is 1.77. The average Bonchev–Trinajstić information content (AvgIpc) is 2.53. The highest BCUT2D eigenvalue weighted by molar-refractivity contribution is 5.92. The van der Waals surface area contributed by atoms with Gasteiger partial charge in [-0.1, -0.05) is 18.2 Å². The molecular formula is C16H15N3O2. The molecule has 0 heterocycles. The molecule has 0 aliphatic rings. The summed E-state index contributed by atoms with van der Waals surface area (Å²) in [7, 11) is 0. The van der Waals surface area contributed by atoms with E-state index in [-0.39, 0.29) is 12.5 Å². The van der Waals surface area contributed by atoms with Crippen molar-refractivity contribution in [2.45, 2.75) is 6.54 Å². The van der Waals surface area contributed by atoms with Gasteiger partial charge in [0.2, 0.25) is 0 Å². The lowest BCUT2D eigenvalue weighted by Gasteiger charge is -2.08. The number of nitrogens with one attached hydrogen (secondary N) is 1. The number of nitrogens with zero attached hydrogens (tertiary/aromatic N) is 1. The molecule has 5 nitrogen and oxygen atoms in total. The van der Waals surface area contributed by atoms with Crippen molar-refractivity contribution in [3.05, 3.63) is 59.7 Å². The number of rotatable bonds is 5. The van der Waals surface area contributed by atoms with E-state index in [1.54, 1.807) is 36.4 Å². The monoisotopic (exact) mass is 281 g/mol. The summed E-state index contributed by atoms with van der Waals surface area (Å²) in [6, 6.07) is 16.0. The van der Waals surface area contributed by atoms with Crippen molar-refractivity contribution in [2.75, 3.05) is 11.9 Å². The molecule has 0 bridgehead atoms. The van der Waals surface area contributed by atoms with Gasteiger partial charge >= 0.3 is 0 Å². The zero-order valence-electron chi connectivity index (χ0n) is 11.4. The molecule has 0 saturated heterocycles. The van der Waals surface area contributed by atoms with Gasteiger partial charge in [-0.15, -0.1) is 0 Å². The summed E-state index contributed by atoms with van der Waals surface area (Å²) in [5, 5.41) is 11.5. The van der Waals surface area contributed by atoms with E-state index in [0.29, 0.717) is 23.5 Å². The van der Waals surface area contributed by atoms with Crippen molar-refractivity contribution in [1.29, 1.82) is 5.26 Å². The van der Waals surface area contributed by atoms with E-state index in [0.717, 1.165) is 5.56 Å². The Morgan fingerprint density at radius 1 is 1.24 bits per heavy atom. The van der Waals surface area contributed by atoms with Crippen LogP contribution in [0.15, 0.2) is 48.5 Å². The van der Waals surface area contributed by atoms with E-state index in [9.17, 15) is 4.79 Å². The fourth-order valence-electron chi connectivity index (χ4n) is 1.77. The molecule has 0 spiro atoms. The molecule has 21 heavy (non-hydrogen) atoms. The largest absolute Gasteiger partial charge is 0.484 e. The van der Waals surface area contributed by atoms with Crippen molar-refractivity contribution in [3.63, 3.8) is 0 Å². The van der Waals surface area contributed by atoms with Gasteiger partial charge in [-0.25, -0.2) is 0 Å². The minimum atomic E-state index is -0.289. The number of hydrogen-bond acceptors (Lipinski definition) is 4. The third-order valence-corrected chi connectivity index (χ3v) is 2.78. The molecule has 3 N–H and O–H groups in total. The minimum Gasteiger partial charge on any atom is -0.484 e. The van der Waals surface area contributed by atoms with Gasteiger partial charge in [0.05, 0.1) is 11.6 Å². The normalized spacial score (nSPS) is 9.71. The van der Waals surface area contributed by atoms with Crippen LogP contribution < -0.4 is 15.8 Å². The first-order chi connectivity index (χ1) is 10.2. The third-order valence-electron chi connectivity index (χ3n) is 2.78. The lowest BCUT2D eigenvalue weighted by molar-refractivity contribution is -0.118. The molecule has 0 atom stereocenters. The standard InChI is InChI=1S/C16H15N3O2/c17-9-12-3-1-5-14(7-12)19-16(20)11-21-15-6-2-4-13(8-15)10-18/h1-8H,10-11,18H2,(H,19,20). The average molecular weight is 281 g/mol. The van der Waals surface area contributed by atoms with E-state index in [4.69, 9.17) is 15.7 Å². The molecule has 0 aliphatic heterocycles. The number of benzene rings is 2. The van der Waals surface area contributed by atoms with Crippen molar-refractivity contribution >= 4 is 11.6 Å². The predicted octanol–water partition coefficient (Wildman–Crippen LogP) is 2.03. The summed E-state index contributed by atoms with van der Waals surface area (Å²) in [4.78, 5) is 11.8. The number of nitrogens with two attached hydrogens (primary N) is 1. The number of anilines is 1. The lowest BCUT2D eigenvalue weighted by atomic mass is 10.2. The molecule has 2 rings (SSSR count). The van der Waals surface area contributed by atoms with Crippen LogP contribution in [0.5, 0.6) is 5.75 Å². The Morgan fingerprint density at radius 3 is 2.81 bits per heavy atom. The van der Waals surface area contributed by atoms with Crippen LogP contribution in [0.3, 0.4) is 0 Å². The van der Waals surface area contributed by atoms with Gasteiger partial charge in [-0.2, -0.15) is 5.26 Å². The van der Waals surface area contributed by atoms with Crippen LogP contribution in [0.4, 0.5) is 5.69 Å². The second-order valence-corrected chi connectivity index (χ2v) is 4.38. The van der Waals surface area contributed by atoms with Gasteiger partial charge in [0.15, 0.2) is 6.61 Å². The second-order valence-electron chi connectivity index (χ2n) is 4.38. The first kappa shape index (κ1) is 14.6. The van der Waals surface area contributed by atoms with Gasteiger partial charge < -0.3 is 15.8 Å². The van der Waals surface area contributed by atoms with Crippen molar-refractivity contribution < 1.29 is 9.53 Å². The Kier molecular flexibility index (Phi) is 4.91. The Labute approximate surface area is 123 Å². The highest BCUT2D eigenvalue weighted by Crippen LogP contribution is 2.13. The highest BCUT2D eigenvalue weighted by Gasteiger charge is 2.04. The Hall–Kier alpha value is -2.84. The third kappa shape index (κ3) is 4.34. The number of carbonyl (C=O) groups is 1. The van der Waals surface area contributed by atoms with E-state index in [1.165, 1.54) is 0 Å². The molecule has 0 saturated carbocycles. The molecule has 1 amide bonds. The minimum absolute atomic E-state index is 0.106. The van der Waals surface area contributed by atoms with E-state index in [2.05, 4.69) is 5.32 Å². The summed E-state index contributed by atoms with van der Waals surface area (Å²) in [6.07, 6.45) is 0. The molecule has 2 aromatic carbocycles. The van der Waals surface area contributed by atoms with Gasteiger partial charge in [-0.05, 0) is 35.9 Å². The van der Waals surface area contributed by atoms with E-state index < -0.39 is 0 Å². The molecule has 2 aromatic rings. The molecule has 0 aliphatic carbocycles. The van der Waals surface area contributed by atoms with Crippen LogP contribution in [-0.2, 0) is 11.3 Å². The maximum Gasteiger partial charge on any atom is 0.262 e. The van der Waals surface area contributed by atoms with Crippen LogP contribution in [0, 0.1) is 11.3 Å². The predicted molar refractivity (Wildman–Crippen MR) is 79.6 cm³/mol. The van der Waals surface area contributed by atoms with E-state index in [1.807, 2.05) is 18.2 Å². The Morgan fingerprint density at radius 2 is 2.05 bits per heavy atom. The number of carbonyl (C=O) groups excluding carboxylic acids is 1. The van der Waals surface area contributed by atoms with Crippen LogP contribution in [-0.4, -0.2) is 12.5 Å². The zero-order chi connectivity index (χ0) is 15.1. The van der Waals surface area contributed by atoms with Crippen LogP contribution in [0.1, 0.15) is 11.1 Å². The molecule has 0 fully saturated rings. The van der Waals surface area contributed by atoms with Crippen molar-refractivity contribution in [3.8, 4) is 11.8 Å². The molecule has 5 heteroatoms. The summed E-state index contributed by atoms with van der Waals surface area (Å²) >= 11 is 0. The SMILES string of the molecule is N#Cc1cccc(NC(=O)COc2cccc(CN)c2)c1. The quantitative estimate of drug-likeness (QED) is 0.877. The molecule has 0 radical (unpaired) electrons. The maximum absolute atomic E-state index is 11.8. The molecule has 0 unspecified atom stereocenters. The number of amides is 1. The Balaban J connectivity index is 1.91. The van der Waals surface area contributed by atoms with Crippen LogP contribution in [0.25, 0.3) is 0 Å². The molecular weight excluding hydrogens is 266 g/mol. The smallest absolute Gasteiger partial charge is 0.262 e. The van der Waals surface area contributed by atoms with Gasteiger partial charge in [0, 0.05) is 12.2 Å². The fraction of sp³-hybridized carbons (Fsp3) is 0.125. The maximum atomic E-state index is 11.8. The van der Waals surface area contributed by atoms with Crippen molar-refractivity contribution in [1.82, 2.24) is 0 Å². The Bertz CT molecular complexity index is 677. The van der Waals surface area contributed by atoms with Gasteiger partial charge in [0.1, 0.15) is 5.75 Å². The van der Waals surface area contributed by atoms with Gasteiger partial charge in [-0.3, -0.25) is 4.79 Å². The molecule has 0 aromatic heterocycles. The summed E-state index contributed by atoms with van der Waals surface area (Å²) < 4.78 is 5.41. The summed E-state index contributed by atoms with van der Waals surface area (Å²) in [5.74, 6) is 0.308. The number of nitriles is 1. The summed E-state index contributed by atoms with van der Waals surface area (Å²) in [6.45, 7) is 0.315. The first-order valence-electron chi connectivity index (χ1n) is 6.43. The summed E-state index contributed by atoms with van der Waals surface area (Å²) in [5.41, 5.74) is 7.54. The topological polar surface area (TPSA) is 88.1 Å².